The van der Waals surface area contributed by atoms with Crippen LogP contribution in [-0.4, -0.2) is 12.5 Å². The lowest BCUT2D eigenvalue weighted by molar-refractivity contribution is -0.0651. The normalized spacial score (nSPS) is 14.1. The van der Waals surface area contributed by atoms with Crippen LogP contribution in [-0.2, 0) is 0 Å². The number of alkyl halides is 3. The molecule has 0 spiro atoms. The van der Waals surface area contributed by atoms with Crippen molar-refractivity contribution in [3.8, 4) is 0 Å². The summed E-state index contributed by atoms with van der Waals surface area (Å²) in [5.41, 5.74) is 4.43. The lowest BCUT2D eigenvalue weighted by atomic mass is 10.1. The summed E-state index contributed by atoms with van der Waals surface area (Å²) in [6.45, 7) is -1.08. The third-order valence-corrected chi connectivity index (χ3v) is 1.81. The lowest BCUT2D eigenvalue weighted by Crippen LogP contribution is -2.32. The quantitative estimate of drug-likeness (QED) is 0.757. The summed E-state index contributed by atoms with van der Waals surface area (Å²) >= 11 is 0. The molecule has 0 aliphatic heterocycles. The van der Waals surface area contributed by atoms with Gasteiger partial charge in [0.1, 0.15) is 5.82 Å². The van der Waals surface area contributed by atoms with Crippen molar-refractivity contribution in [1.82, 2.24) is 0 Å². The molecule has 0 amide bonds. The van der Waals surface area contributed by atoms with E-state index in [1.165, 1.54) is 0 Å². The number of benzene rings is 1. The first-order chi connectivity index (χ1) is 6.47. The smallest absolute Gasteiger partial charge is 0.294 e. The minimum absolute atomic E-state index is 0.276. The van der Waals surface area contributed by atoms with Crippen molar-refractivity contribution in [3.63, 3.8) is 0 Å². The number of nitrogens with two attached hydrogens (primary N) is 1. The van der Waals surface area contributed by atoms with Crippen molar-refractivity contribution < 1.29 is 17.6 Å². The minimum atomic E-state index is -3.61. The van der Waals surface area contributed by atoms with E-state index in [-0.39, 0.29) is 5.56 Å². The van der Waals surface area contributed by atoms with Gasteiger partial charge < -0.3 is 5.73 Å². The van der Waals surface area contributed by atoms with Gasteiger partial charge in [-0.05, 0) is 17.7 Å². The molecule has 0 heterocycles. The molecule has 1 aromatic rings. The molecule has 0 aliphatic rings. The van der Waals surface area contributed by atoms with Gasteiger partial charge in [0, 0.05) is 0 Å². The molecular weight excluding hydrogens is 198 g/mol. The second-order valence-electron chi connectivity index (χ2n) is 2.88. The van der Waals surface area contributed by atoms with E-state index in [2.05, 4.69) is 0 Å². The molecule has 1 unspecified atom stereocenters. The maximum atomic E-state index is 13.1. The Hall–Kier alpha value is -1.10. The van der Waals surface area contributed by atoms with Crippen LogP contribution in [0.15, 0.2) is 24.3 Å². The summed E-state index contributed by atoms with van der Waals surface area (Å²) in [6.07, 6.45) is -2.49. The fourth-order valence-electron chi connectivity index (χ4n) is 0.979. The first-order valence-corrected chi connectivity index (χ1v) is 3.95. The van der Waals surface area contributed by atoms with Crippen LogP contribution < -0.4 is 5.73 Å². The van der Waals surface area contributed by atoms with Crippen molar-refractivity contribution in [2.75, 3.05) is 6.54 Å². The Kier molecular flexibility index (Phi) is 3.10. The number of hydrogen-bond donors (Lipinski definition) is 1. The summed E-state index contributed by atoms with van der Waals surface area (Å²) in [5.74, 6) is -4.21. The molecule has 1 rings (SSSR count). The Bertz CT molecular complexity index is 296. The van der Waals surface area contributed by atoms with Gasteiger partial charge in [0.25, 0.3) is 5.92 Å². The Morgan fingerprint density at radius 1 is 1.21 bits per heavy atom. The number of hydrogen-bond acceptors (Lipinski definition) is 1. The highest BCUT2D eigenvalue weighted by molar-refractivity contribution is 5.20. The van der Waals surface area contributed by atoms with Gasteiger partial charge in [-0.2, -0.15) is 0 Å². The molecule has 0 aliphatic carbocycles. The van der Waals surface area contributed by atoms with Crippen LogP contribution in [0.5, 0.6) is 0 Å². The van der Waals surface area contributed by atoms with Crippen molar-refractivity contribution >= 4 is 0 Å². The second-order valence-corrected chi connectivity index (χ2v) is 2.88. The highest BCUT2D eigenvalue weighted by atomic mass is 19.3. The summed E-state index contributed by atoms with van der Waals surface area (Å²) in [5, 5.41) is 0. The molecule has 14 heavy (non-hydrogen) atoms. The molecule has 5 heteroatoms. The maximum Gasteiger partial charge on any atom is 0.294 e. The van der Waals surface area contributed by atoms with E-state index in [1.807, 2.05) is 0 Å². The zero-order valence-electron chi connectivity index (χ0n) is 7.18. The van der Waals surface area contributed by atoms with Crippen molar-refractivity contribution in [1.29, 1.82) is 0 Å². The first-order valence-electron chi connectivity index (χ1n) is 3.95. The average molecular weight is 207 g/mol. The van der Waals surface area contributed by atoms with Gasteiger partial charge in [-0.3, -0.25) is 0 Å². The van der Waals surface area contributed by atoms with Gasteiger partial charge >= 0.3 is 0 Å². The molecule has 0 saturated carbocycles. The maximum absolute atomic E-state index is 13.1. The molecule has 78 valence electrons. The second kappa shape index (κ2) is 3.96. The fraction of sp³-hybridized carbons (Fsp3) is 0.333. The predicted molar refractivity (Wildman–Crippen MR) is 44.3 cm³/mol. The highest BCUT2D eigenvalue weighted by Gasteiger charge is 2.39. The topological polar surface area (TPSA) is 26.0 Å². The molecule has 2 N–H and O–H groups in total. The molecule has 0 bridgehead atoms. The Morgan fingerprint density at radius 3 is 2.14 bits per heavy atom. The Morgan fingerprint density at radius 2 is 1.71 bits per heavy atom. The third kappa shape index (κ3) is 2.23. The zero-order valence-corrected chi connectivity index (χ0v) is 7.18. The van der Waals surface area contributed by atoms with Crippen LogP contribution in [0.1, 0.15) is 11.7 Å². The summed E-state index contributed by atoms with van der Waals surface area (Å²) in [7, 11) is 0. The van der Waals surface area contributed by atoms with Gasteiger partial charge in [0.15, 0.2) is 6.17 Å². The van der Waals surface area contributed by atoms with Gasteiger partial charge in [-0.1, -0.05) is 12.1 Å². The third-order valence-electron chi connectivity index (χ3n) is 1.81. The summed E-state index contributed by atoms with van der Waals surface area (Å²) < 4.78 is 51.0. The van der Waals surface area contributed by atoms with E-state index < -0.39 is 24.5 Å². The SMILES string of the molecule is NCC(F)(F)C(F)c1ccc(F)cc1. The van der Waals surface area contributed by atoms with E-state index in [1.54, 1.807) is 0 Å². The van der Waals surface area contributed by atoms with Crippen LogP contribution in [0.4, 0.5) is 17.6 Å². The van der Waals surface area contributed by atoms with Gasteiger partial charge in [-0.15, -0.1) is 0 Å². The standard InChI is InChI=1S/C9H9F4N/c10-7-3-1-6(2-4-7)8(11)9(12,13)5-14/h1-4,8H,5,14H2. The molecule has 1 aromatic carbocycles. The van der Waals surface area contributed by atoms with Gasteiger partial charge in [0.2, 0.25) is 0 Å². The van der Waals surface area contributed by atoms with Crippen LogP contribution in [0.25, 0.3) is 0 Å². The van der Waals surface area contributed by atoms with Crippen LogP contribution >= 0.6 is 0 Å². The van der Waals surface area contributed by atoms with Gasteiger partial charge in [0.05, 0.1) is 6.54 Å². The zero-order chi connectivity index (χ0) is 10.8. The lowest BCUT2D eigenvalue weighted by Gasteiger charge is -2.18. The van der Waals surface area contributed by atoms with E-state index in [9.17, 15) is 17.6 Å². The summed E-state index contributed by atoms with van der Waals surface area (Å²) in [4.78, 5) is 0. The monoisotopic (exact) mass is 207 g/mol. The highest BCUT2D eigenvalue weighted by Crippen LogP contribution is 2.33. The number of halogens is 4. The molecule has 0 aromatic heterocycles. The fourth-order valence-corrected chi connectivity index (χ4v) is 0.979. The van der Waals surface area contributed by atoms with Crippen molar-refractivity contribution in [3.05, 3.63) is 35.6 Å². The molecule has 0 fully saturated rings. The number of rotatable bonds is 3. The molecule has 1 nitrogen and oxygen atoms in total. The minimum Gasteiger partial charge on any atom is -0.325 e. The van der Waals surface area contributed by atoms with E-state index in [0.29, 0.717) is 0 Å². The Balaban J connectivity index is 2.89. The van der Waals surface area contributed by atoms with Gasteiger partial charge in [-0.25, -0.2) is 17.6 Å². The van der Waals surface area contributed by atoms with E-state index >= 15 is 0 Å². The molecule has 1 atom stereocenters. The van der Waals surface area contributed by atoms with Crippen molar-refractivity contribution in [2.45, 2.75) is 12.1 Å². The van der Waals surface area contributed by atoms with Crippen LogP contribution in [0.2, 0.25) is 0 Å². The van der Waals surface area contributed by atoms with E-state index in [4.69, 9.17) is 5.73 Å². The van der Waals surface area contributed by atoms with Crippen LogP contribution in [0.3, 0.4) is 0 Å². The largest absolute Gasteiger partial charge is 0.325 e. The molecule has 0 saturated heterocycles. The van der Waals surface area contributed by atoms with Crippen molar-refractivity contribution in [2.24, 2.45) is 5.73 Å². The van der Waals surface area contributed by atoms with Crippen LogP contribution in [0, 0.1) is 5.82 Å². The Labute approximate surface area is 78.5 Å². The predicted octanol–water partition coefficient (Wildman–Crippen LogP) is 2.43. The molecule has 0 radical (unpaired) electrons. The average Bonchev–Trinajstić information content (AvgIpc) is 2.18. The summed E-state index contributed by atoms with van der Waals surface area (Å²) in [6, 6.07) is 3.80. The van der Waals surface area contributed by atoms with E-state index in [0.717, 1.165) is 24.3 Å². The first kappa shape index (κ1) is 11.0. The molecular formula is C9H9F4N.